The zero-order valence-electron chi connectivity index (χ0n) is 11.2. The molecule has 0 aromatic carbocycles. The van der Waals surface area contributed by atoms with Crippen LogP contribution in [0.25, 0.3) is 0 Å². The normalized spacial score (nSPS) is 11.4. The van der Waals surface area contributed by atoms with Crippen LogP contribution in [-0.4, -0.2) is 26.5 Å². The largest absolute Gasteiger partial charge is 0.469 e. The van der Waals surface area contributed by atoms with Crippen LogP contribution in [0.4, 0.5) is 5.82 Å². The molecule has 0 amide bonds. The van der Waals surface area contributed by atoms with Gasteiger partial charge in [0.1, 0.15) is 16.5 Å². The van der Waals surface area contributed by atoms with Gasteiger partial charge in [-0.2, -0.15) is 0 Å². The molecule has 0 spiro atoms. The molecule has 0 saturated carbocycles. The maximum absolute atomic E-state index is 12.2. The summed E-state index contributed by atoms with van der Waals surface area (Å²) in [4.78, 5) is 4.20. The number of anilines is 1. The highest BCUT2D eigenvalue weighted by molar-refractivity contribution is 7.89. The van der Waals surface area contributed by atoms with E-state index in [1.165, 1.54) is 6.07 Å². The lowest BCUT2D eigenvalue weighted by atomic mass is 10.3. The first-order valence-corrected chi connectivity index (χ1v) is 7.82. The molecule has 0 bridgehead atoms. The SMILES string of the molecule is CCNc1ncccc1S(=O)(=O)NCCc1ccco1. The van der Waals surface area contributed by atoms with E-state index in [1.54, 1.807) is 24.6 Å². The van der Waals surface area contributed by atoms with Crippen LogP contribution in [-0.2, 0) is 16.4 Å². The second kappa shape index (κ2) is 6.53. The van der Waals surface area contributed by atoms with E-state index in [4.69, 9.17) is 4.42 Å². The number of nitrogens with one attached hydrogen (secondary N) is 2. The molecule has 2 N–H and O–H groups in total. The van der Waals surface area contributed by atoms with Crippen molar-refractivity contribution in [3.63, 3.8) is 0 Å². The standard InChI is InChI=1S/C13H17N3O3S/c1-2-14-13-12(6-3-8-15-13)20(17,18)16-9-7-11-5-4-10-19-11/h3-6,8,10,16H,2,7,9H2,1H3,(H,14,15). The fraction of sp³-hybridized carbons (Fsp3) is 0.308. The highest BCUT2D eigenvalue weighted by atomic mass is 32.2. The van der Waals surface area contributed by atoms with E-state index in [0.29, 0.717) is 18.8 Å². The van der Waals surface area contributed by atoms with Gasteiger partial charge in [-0.05, 0) is 31.2 Å². The summed E-state index contributed by atoms with van der Waals surface area (Å²) in [5, 5.41) is 2.94. The molecule has 0 saturated heterocycles. The lowest BCUT2D eigenvalue weighted by Crippen LogP contribution is -2.27. The quantitative estimate of drug-likeness (QED) is 0.811. The van der Waals surface area contributed by atoms with Gasteiger partial charge < -0.3 is 9.73 Å². The minimum Gasteiger partial charge on any atom is -0.469 e. The number of hydrogen-bond donors (Lipinski definition) is 2. The molecule has 0 aliphatic rings. The minimum atomic E-state index is -3.58. The fourth-order valence-electron chi connectivity index (χ4n) is 1.75. The summed E-state index contributed by atoms with van der Waals surface area (Å²) in [7, 11) is -3.58. The molecule has 20 heavy (non-hydrogen) atoms. The summed E-state index contributed by atoms with van der Waals surface area (Å²) in [5.41, 5.74) is 0. The van der Waals surface area contributed by atoms with Crippen molar-refractivity contribution in [3.05, 3.63) is 42.5 Å². The van der Waals surface area contributed by atoms with Gasteiger partial charge in [-0.25, -0.2) is 18.1 Å². The molecule has 6 nitrogen and oxygen atoms in total. The second-order valence-corrected chi connectivity index (χ2v) is 5.84. The van der Waals surface area contributed by atoms with Gasteiger partial charge in [0.2, 0.25) is 10.0 Å². The molecule has 2 heterocycles. The first-order valence-electron chi connectivity index (χ1n) is 6.34. The first-order chi connectivity index (χ1) is 9.63. The highest BCUT2D eigenvalue weighted by Crippen LogP contribution is 2.17. The first kappa shape index (κ1) is 14.5. The summed E-state index contributed by atoms with van der Waals surface area (Å²) in [5.74, 6) is 1.10. The van der Waals surface area contributed by atoms with Crippen molar-refractivity contribution >= 4 is 15.8 Å². The summed E-state index contributed by atoms with van der Waals surface area (Å²) in [6.45, 7) is 2.76. The van der Waals surface area contributed by atoms with Crippen LogP contribution < -0.4 is 10.0 Å². The molecule has 0 aliphatic carbocycles. The Kier molecular flexibility index (Phi) is 4.75. The van der Waals surface area contributed by atoms with Crippen molar-refractivity contribution in [2.24, 2.45) is 0 Å². The Morgan fingerprint density at radius 2 is 2.15 bits per heavy atom. The van der Waals surface area contributed by atoms with E-state index < -0.39 is 10.0 Å². The minimum absolute atomic E-state index is 0.154. The van der Waals surface area contributed by atoms with Crippen LogP contribution in [0.2, 0.25) is 0 Å². The number of nitrogens with zero attached hydrogens (tertiary/aromatic N) is 1. The van der Waals surface area contributed by atoms with Crippen molar-refractivity contribution in [2.45, 2.75) is 18.2 Å². The predicted molar refractivity (Wildman–Crippen MR) is 76.0 cm³/mol. The third kappa shape index (κ3) is 3.58. The predicted octanol–water partition coefficient (Wildman–Crippen LogP) is 1.63. The van der Waals surface area contributed by atoms with E-state index in [-0.39, 0.29) is 11.4 Å². The average molecular weight is 295 g/mol. The molecule has 0 aliphatic heterocycles. The zero-order valence-corrected chi connectivity index (χ0v) is 12.0. The molecule has 0 atom stereocenters. The molecule has 2 rings (SSSR count). The van der Waals surface area contributed by atoms with Gasteiger partial charge >= 0.3 is 0 Å². The maximum Gasteiger partial charge on any atom is 0.244 e. The van der Waals surface area contributed by atoms with Gasteiger partial charge in [-0.3, -0.25) is 0 Å². The average Bonchev–Trinajstić information content (AvgIpc) is 2.92. The van der Waals surface area contributed by atoms with E-state index >= 15 is 0 Å². The van der Waals surface area contributed by atoms with Crippen LogP contribution in [0.3, 0.4) is 0 Å². The summed E-state index contributed by atoms with van der Waals surface area (Å²) < 4.78 is 32.2. The molecule has 0 unspecified atom stereocenters. The van der Waals surface area contributed by atoms with Gasteiger partial charge in [-0.15, -0.1) is 0 Å². The number of sulfonamides is 1. The third-order valence-corrected chi connectivity index (χ3v) is 4.14. The topological polar surface area (TPSA) is 84.2 Å². The van der Waals surface area contributed by atoms with Crippen molar-refractivity contribution in [1.82, 2.24) is 9.71 Å². The Balaban J connectivity index is 2.06. The molecular weight excluding hydrogens is 278 g/mol. The fourth-order valence-corrected chi connectivity index (χ4v) is 2.91. The number of hydrogen-bond acceptors (Lipinski definition) is 5. The van der Waals surface area contributed by atoms with Crippen LogP contribution in [0.15, 0.2) is 46.0 Å². The Hall–Kier alpha value is -1.86. The lowest BCUT2D eigenvalue weighted by molar-refractivity contribution is 0.506. The zero-order chi connectivity index (χ0) is 14.4. The Labute approximate surface area is 118 Å². The van der Waals surface area contributed by atoms with Gasteiger partial charge in [0.15, 0.2) is 0 Å². The molecule has 0 radical (unpaired) electrons. The lowest BCUT2D eigenvalue weighted by Gasteiger charge is -2.10. The Morgan fingerprint density at radius 1 is 1.30 bits per heavy atom. The van der Waals surface area contributed by atoms with Crippen molar-refractivity contribution < 1.29 is 12.8 Å². The molecule has 2 aromatic rings. The summed E-state index contributed by atoms with van der Waals surface area (Å²) >= 11 is 0. The molecule has 0 fully saturated rings. The van der Waals surface area contributed by atoms with Gasteiger partial charge in [0.05, 0.1) is 6.26 Å². The van der Waals surface area contributed by atoms with Gasteiger partial charge in [-0.1, -0.05) is 0 Å². The number of pyridine rings is 1. The van der Waals surface area contributed by atoms with Gasteiger partial charge in [0, 0.05) is 25.7 Å². The summed E-state index contributed by atoms with van der Waals surface area (Å²) in [6.07, 6.45) is 3.62. The van der Waals surface area contributed by atoms with Crippen LogP contribution in [0.5, 0.6) is 0 Å². The molecule has 2 aromatic heterocycles. The van der Waals surface area contributed by atoms with Gasteiger partial charge in [0.25, 0.3) is 0 Å². The number of furan rings is 1. The molecule has 7 heteroatoms. The Bertz CT molecular complexity index is 639. The highest BCUT2D eigenvalue weighted by Gasteiger charge is 2.18. The van der Waals surface area contributed by atoms with Crippen LogP contribution in [0, 0.1) is 0 Å². The monoisotopic (exact) mass is 295 g/mol. The van der Waals surface area contributed by atoms with Crippen molar-refractivity contribution in [1.29, 1.82) is 0 Å². The van der Waals surface area contributed by atoms with Crippen LogP contribution >= 0.6 is 0 Å². The van der Waals surface area contributed by atoms with E-state index in [0.717, 1.165) is 5.76 Å². The maximum atomic E-state index is 12.2. The third-order valence-electron chi connectivity index (χ3n) is 2.65. The van der Waals surface area contributed by atoms with E-state index in [9.17, 15) is 8.42 Å². The van der Waals surface area contributed by atoms with Crippen molar-refractivity contribution in [2.75, 3.05) is 18.4 Å². The second-order valence-electron chi connectivity index (χ2n) is 4.11. The number of rotatable bonds is 7. The van der Waals surface area contributed by atoms with E-state index in [2.05, 4.69) is 15.0 Å². The summed E-state index contributed by atoms with van der Waals surface area (Å²) in [6, 6.07) is 6.71. The molecular formula is C13H17N3O3S. The van der Waals surface area contributed by atoms with Crippen LogP contribution in [0.1, 0.15) is 12.7 Å². The smallest absolute Gasteiger partial charge is 0.244 e. The van der Waals surface area contributed by atoms with Crippen molar-refractivity contribution in [3.8, 4) is 0 Å². The van der Waals surface area contributed by atoms with E-state index in [1.807, 2.05) is 13.0 Å². The molecule has 108 valence electrons. The number of aromatic nitrogens is 1. The Morgan fingerprint density at radius 3 is 2.85 bits per heavy atom.